The SMILES string of the molecule is COC(=O)c1cc(Nc2cc(-c3cccc(C)c3)nc(C)n2)cc(C(=O)OC)c1. The van der Waals surface area contributed by atoms with Crippen molar-refractivity contribution in [3.8, 4) is 11.3 Å². The minimum absolute atomic E-state index is 0.225. The molecule has 0 bridgehead atoms. The third-order valence-corrected chi connectivity index (χ3v) is 4.20. The lowest BCUT2D eigenvalue weighted by molar-refractivity contribution is 0.0599. The average Bonchev–Trinajstić information content (AvgIpc) is 2.71. The third kappa shape index (κ3) is 4.76. The van der Waals surface area contributed by atoms with Crippen molar-refractivity contribution in [1.29, 1.82) is 0 Å². The molecular weight excluding hydrogens is 370 g/mol. The van der Waals surface area contributed by atoms with Crippen molar-refractivity contribution in [1.82, 2.24) is 9.97 Å². The van der Waals surface area contributed by atoms with Crippen molar-refractivity contribution < 1.29 is 19.1 Å². The van der Waals surface area contributed by atoms with Gasteiger partial charge in [0.05, 0.1) is 31.0 Å². The molecule has 1 N–H and O–H groups in total. The Morgan fingerprint density at radius 1 is 0.862 bits per heavy atom. The number of methoxy groups -OCH3 is 2. The Morgan fingerprint density at radius 3 is 2.10 bits per heavy atom. The van der Waals surface area contributed by atoms with Crippen LogP contribution in [0.15, 0.2) is 48.5 Å². The molecule has 2 aromatic carbocycles. The number of benzene rings is 2. The van der Waals surface area contributed by atoms with Crippen LogP contribution in [0.2, 0.25) is 0 Å². The molecule has 148 valence electrons. The van der Waals surface area contributed by atoms with Crippen LogP contribution in [0.25, 0.3) is 11.3 Å². The molecule has 0 aliphatic carbocycles. The Bertz CT molecular complexity index is 1050. The van der Waals surface area contributed by atoms with E-state index in [2.05, 4.69) is 15.3 Å². The largest absolute Gasteiger partial charge is 0.465 e. The van der Waals surface area contributed by atoms with Crippen molar-refractivity contribution >= 4 is 23.4 Å². The number of hydrogen-bond donors (Lipinski definition) is 1. The normalized spacial score (nSPS) is 10.3. The summed E-state index contributed by atoms with van der Waals surface area (Å²) in [4.78, 5) is 32.9. The van der Waals surface area contributed by atoms with Crippen LogP contribution >= 0.6 is 0 Å². The molecule has 3 rings (SSSR count). The van der Waals surface area contributed by atoms with Crippen LogP contribution in [0.3, 0.4) is 0 Å². The number of aryl methyl sites for hydroxylation is 2. The summed E-state index contributed by atoms with van der Waals surface area (Å²) in [6, 6.07) is 14.4. The van der Waals surface area contributed by atoms with E-state index in [0.717, 1.165) is 16.8 Å². The number of nitrogens with one attached hydrogen (secondary N) is 1. The summed E-state index contributed by atoms with van der Waals surface area (Å²) in [5.41, 5.74) is 3.81. The van der Waals surface area contributed by atoms with Gasteiger partial charge >= 0.3 is 11.9 Å². The molecule has 0 atom stereocenters. The zero-order valence-corrected chi connectivity index (χ0v) is 16.6. The molecule has 7 heteroatoms. The molecule has 0 radical (unpaired) electrons. The van der Waals surface area contributed by atoms with Gasteiger partial charge < -0.3 is 14.8 Å². The van der Waals surface area contributed by atoms with E-state index >= 15 is 0 Å². The van der Waals surface area contributed by atoms with E-state index in [4.69, 9.17) is 9.47 Å². The van der Waals surface area contributed by atoms with E-state index in [9.17, 15) is 9.59 Å². The molecule has 0 saturated carbocycles. The number of carbonyl (C=O) groups excluding carboxylic acids is 2. The van der Waals surface area contributed by atoms with Gasteiger partial charge in [-0.15, -0.1) is 0 Å². The predicted molar refractivity (Wildman–Crippen MR) is 109 cm³/mol. The second-order valence-electron chi connectivity index (χ2n) is 6.46. The van der Waals surface area contributed by atoms with E-state index in [1.807, 2.05) is 37.3 Å². The smallest absolute Gasteiger partial charge is 0.337 e. The van der Waals surface area contributed by atoms with Crippen molar-refractivity contribution in [2.75, 3.05) is 19.5 Å². The Kier molecular flexibility index (Phi) is 5.87. The van der Waals surface area contributed by atoms with Crippen molar-refractivity contribution in [2.24, 2.45) is 0 Å². The molecule has 0 aliphatic rings. The number of nitrogens with zero attached hydrogens (tertiary/aromatic N) is 2. The summed E-state index contributed by atoms with van der Waals surface area (Å²) < 4.78 is 9.55. The number of carbonyl (C=O) groups is 2. The fourth-order valence-corrected chi connectivity index (χ4v) is 2.90. The molecule has 0 fully saturated rings. The van der Waals surface area contributed by atoms with Crippen LogP contribution in [0.4, 0.5) is 11.5 Å². The number of rotatable bonds is 5. The molecule has 3 aromatic rings. The lowest BCUT2D eigenvalue weighted by atomic mass is 10.1. The van der Waals surface area contributed by atoms with Crippen LogP contribution in [0.5, 0.6) is 0 Å². The van der Waals surface area contributed by atoms with Gasteiger partial charge in [-0.05, 0) is 38.1 Å². The molecule has 0 unspecified atom stereocenters. The molecule has 7 nitrogen and oxygen atoms in total. The Hall–Kier alpha value is -3.74. The van der Waals surface area contributed by atoms with Gasteiger partial charge in [-0.3, -0.25) is 0 Å². The molecule has 0 amide bonds. The van der Waals surface area contributed by atoms with Crippen LogP contribution in [-0.4, -0.2) is 36.1 Å². The topological polar surface area (TPSA) is 90.4 Å². The predicted octanol–water partition coefficient (Wildman–Crippen LogP) is 4.08. The lowest BCUT2D eigenvalue weighted by Crippen LogP contribution is -2.08. The van der Waals surface area contributed by atoms with Gasteiger partial charge in [-0.25, -0.2) is 19.6 Å². The lowest BCUT2D eigenvalue weighted by Gasteiger charge is -2.12. The van der Waals surface area contributed by atoms with Gasteiger partial charge in [0, 0.05) is 17.3 Å². The molecule has 0 aliphatic heterocycles. The molecule has 0 saturated heterocycles. The van der Waals surface area contributed by atoms with Gasteiger partial charge in [0.15, 0.2) is 0 Å². The number of esters is 2. The Morgan fingerprint density at radius 2 is 1.52 bits per heavy atom. The van der Waals surface area contributed by atoms with Crippen LogP contribution in [0, 0.1) is 13.8 Å². The average molecular weight is 391 g/mol. The summed E-state index contributed by atoms with van der Waals surface area (Å²) in [5, 5.41) is 3.14. The van der Waals surface area contributed by atoms with Gasteiger partial charge in [-0.1, -0.05) is 23.8 Å². The van der Waals surface area contributed by atoms with Crippen LogP contribution in [0.1, 0.15) is 32.1 Å². The van der Waals surface area contributed by atoms with E-state index in [-0.39, 0.29) is 11.1 Å². The van der Waals surface area contributed by atoms with E-state index in [1.54, 1.807) is 19.1 Å². The van der Waals surface area contributed by atoms with E-state index < -0.39 is 11.9 Å². The van der Waals surface area contributed by atoms with Crippen LogP contribution < -0.4 is 5.32 Å². The standard InChI is InChI=1S/C22H21N3O4/c1-13-6-5-7-15(8-13)19-12-20(24-14(2)23-19)25-18-10-16(21(26)28-3)9-17(11-18)22(27)29-4/h5-12H,1-4H3,(H,23,24,25). The number of anilines is 2. The fourth-order valence-electron chi connectivity index (χ4n) is 2.90. The van der Waals surface area contributed by atoms with Crippen LogP contribution in [-0.2, 0) is 9.47 Å². The van der Waals surface area contributed by atoms with Gasteiger partial charge in [0.2, 0.25) is 0 Å². The second-order valence-corrected chi connectivity index (χ2v) is 6.46. The molecule has 0 spiro atoms. The van der Waals surface area contributed by atoms with Crippen molar-refractivity contribution in [2.45, 2.75) is 13.8 Å². The summed E-state index contributed by atoms with van der Waals surface area (Å²) in [6.45, 7) is 3.82. The highest BCUT2D eigenvalue weighted by Crippen LogP contribution is 2.24. The Labute approximate surface area is 168 Å². The highest BCUT2D eigenvalue weighted by Gasteiger charge is 2.14. The summed E-state index contributed by atoms with van der Waals surface area (Å²) in [7, 11) is 2.56. The molecule has 1 heterocycles. The summed E-state index contributed by atoms with van der Waals surface area (Å²) >= 11 is 0. The highest BCUT2D eigenvalue weighted by atomic mass is 16.5. The van der Waals surface area contributed by atoms with E-state index in [1.165, 1.54) is 20.3 Å². The fraction of sp³-hybridized carbons (Fsp3) is 0.182. The number of ether oxygens (including phenoxy) is 2. The zero-order chi connectivity index (χ0) is 21.0. The zero-order valence-electron chi connectivity index (χ0n) is 16.6. The monoisotopic (exact) mass is 391 g/mol. The van der Waals surface area contributed by atoms with Crippen molar-refractivity contribution in [3.05, 3.63) is 71.0 Å². The summed E-state index contributed by atoms with van der Waals surface area (Å²) in [6.07, 6.45) is 0. The summed E-state index contributed by atoms with van der Waals surface area (Å²) in [5.74, 6) is 0.00639. The Balaban J connectivity index is 2.01. The van der Waals surface area contributed by atoms with Gasteiger partial charge in [-0.2, -0.15) is 0 Å². The molecular formula is C22H21N3O4. The maximum atomic E-state index is 12.0. The maximum absolute atomic E-state index is 12.0. The maximum Gasteiger partial charge on any atom is 0.337 e. The molecule has 1 aromatic heterocycles. The quantitative estimate of drug-likeness (QED) is 0.656. The number of hydrogen-bond acceptors (Lipinski definition) is 7. The first-order chi connectivity index (χ1) is 13.9. The minimum Gasteiger partial charge on any atom is -0.465 e. The van der Waals surface area contributed by atoms with Crippen molar-refractivity contribution in [3.63, 3.8) is 0 Å². The first-order valence-electron chi connectivity index (χ1n) is 8.91. The first-order valence-corrected chi connectivity index (χ1v) is 8.91. The van der Waals surface area contributed by atoms with E-state index in [0.29, 0.717) is 17.3 Å². The van der Waals surface area contributed by atoms with Gasteiger partial charge in [0.1, 0.15) is 11.6 Å². The number of aromatic nitrogens is 2. The molecule has 29 heavy (non-hydrogen) atoms. The van der Waals surface area contributed by atoms with Gasteiger partial charge in [0.25, 0.3) is 0 Å². The highest BCUT2D eigenvalue weighted by molar-refractivity contribution is 5.97. The minimum atomic E-state index is -0.557. The second kappa shape index (κ2) is 8.52. The first kappa shape index (κ1) is 20.0. The third-order valence-electron chi connectivity index (χ3n) is 4.20.